The van der Waals surface area contributed by atoms with Crippen LogP contribution in [-0.2, 0) is 0 Å². The van der Waals surface area contributed by atoms with Crippen molar-refractivity contribution in [3.63, 3.8) is 0 Å². The average molecular weight is 285 g/mol. The molecule has 0 aromatic carbocycles. The minimum Gasteiger partial charge on any atom is -0.313 e. The van der Waals surface area contributed by atoms with Crippen molar-refractivity contribution in [3.8, 4) is 0 Å². The largest absolute Gasteiger partial charge is 0.313 e. The summed E-state index contributed by atoms with van der Waals surface area (Å²) < 4.78 is 1.12. The van der Waals surface area contributed by atoms with Gasteiger partial charge >= 0.3 is 0 Å². The monoisotopic (exact) mass is 285 g/mol. The third kappa shape index (κ3) is 4.21. The third-order valence-corrected chi connectivity index (χ3v) is 5.61. The Bertz CT molecular complexity index is 348. The predicted molar refractivity (Wildman–Crippen MR) is 79.4 cm³/mol. The average Bonchev–Trinajstić information content (AvgIpc) is 3.01. The zero-order valence-corrected chi connectivity index (χ0v) is 12.9. The highest BCUT2D eigenvalue weighted by atomic mass is 32.2. The van der Waals surface area contributed by atoms with Gasteiger partial charge in [-0.2, -0.15) is 0 Å². The molecule has 1 atom stereocenters. The Morgan fingerprint density at radius 3 is 2.78 bits per heavy atom. The molecule has 0 saturated heterocycles. The van der Waals surface area contributed by atoms with E-state index in [9.17, 15) is 0 Å². The first-order valence-corrected chi connectivity index (χ1v) is 8.76. The number of thioether (sulfide) groups is 1. The van der Waals surface area contributed by atoms with Crippen LogP contribution in [0.3, 0.4) is 0 Å². The molecule has 2 rings (SSSR count). The molecule has 1 unspecified atom stereocenters. The molecule has 1 fully saturated rings. The van der Waals surface area contributed by atoms with Crippen LogP contribution in [0.2, 0.25) is 0 Å². The molecule has 1 aliphatic carbocycles. The number of hydrogen-bond acceptors (Lipinski definition) is 5. The van der Waals surface area contributed by atoms with E-state index < -0.39 is 0 Å². The van der Waals surface area contributed by atoms with Crippen molar-refractivity contribution in [3.05, 3.63) is 5.01 Å². The lowest BCUT2D eigenvalue weighted by molar-refractivity contribution is 0.388. The van der Waals surface area contributed by atoms with E-state index in [-0.39, 0.29) is 0 Å². The molecule has 0 bridgehead atoms. The van der Waals surface area contributed by atoms with Gasteiger partial charge in [-0.05, 0) is 38.6 Å². The van der Waals surface area contributed by atoms with Crippen LogP contribution in [0.4, 0.5) is 0 Å². The molecular weight excluding hydrogens is 262 g/mol. The van der Waals surface area contributed by atoms with E-state index in [1.54, 1.807) is 11.3 Å². The molecule has 1 N–H and O–H groups in total. The van der Waals surface area contributed by atoms with E-state index in [0.29, 0.717) is 6.04 Å². The summed E-state index contributed by atoms with van der Waals surface area (Å²) in [7, 11) is 0. The number of nitrogens with zero attached hydrogens (tertiary/aromatic N) is 2. The van der Waals surface area contributed by atoms with Gasteiger partial charge in [0, 0.05) is 11.8 Å². The van der Waals surface area contributed by atoms with Crippen molar-refractivity contribution in [1.29, 1.82) is 0 Å². The molecular formula is C13H23N3S2. The normalized spacial score (nSPS) is 18.3. The fraction of sp³-hybridized carbons (Fsp3) is 0.846. The Morgan fingerprint density at radius 2 is 2.17 bits per heavy atom. The summed E-state index contributed by atoms with van der Waals surface area (Å²) in [5, 5.41) is 13.1. The first kappa shape index (κ1) is 14.3. The van der Waals surface area contributed by atoms with E-state index in [4.69, 9.17) is 0 Å². The minimum atomic E-state index is 0.654. The molecule has 0 radical (unpaired) electrons. The lowest BCUT2D eigenvalue weighted by atomic mass is 10.00. The van der Waals surface area contributed by atoms with E-state index in [0.717, 1.165) is 27.6 Å². The van der Waals surface area contributed by atoms with Crippen molar-refractivity contribution in [2.75, 3.05) is 12.3 Å². The van der Waals surface area contributed by atoms with Crippen molar-refractivity contribution < 1.29 is 0 Å². The van der Waals surface area contributed by atoms with Crippen LogP contribution in [0.1, 0.15) is 44.0 Å². The lowest BCUT2D eigenvalue weighted by Crippen LogP contribution is -2.37. The predicted octanol–water partition coefficient (Wildman–Crippen LogP) is 3.50. The van der Waals surface area contributed by atoms with E-state index >= 15 is 0 Å². The van der Waals surface area contributed by atoms with Crippen LogP contribution < -0.4 is 5.32 Å². The van der Waals surface area contributed by atoms with Gasteiger partial charge in [0.25, 0.3) is 0 Å². The summed E-state index contributed by atoms with van der Waals surface area (Å²) in [6.45, 7) is 5.39. The highest BCUT2D eigenvalue weighted by Crippen LogP contribution is 2.31. The van der Waals surface area contributed by atoms with E-state index in [2.05, 4.69) is 22.4 Å². The zero-order valence-electron chi connectivity index (χ0n) is 11.3. The number of rotatable bonds is 7. The molecule has 0 aliphatic heterocycles. The topological polar surface area (TPSA) is 37.8 Å². The third-order valence-electron chi connectivity index (χ3n) is 3.52. The summed E-state index contributed by atoms with van der Waals surface area (Å²) in [5.74, 6) is 2.01. The smallest absolute Gasteiger partial charge is 0.174 e. The second kappa shape index (κ2) is 7.46. The highest BCUT2D eigenvalue weighted by molar-refractivity contribution is 8.01. The summed E-state index contributed by atoms with van der Waals surface area (Å²) in [5.41, 5.74) is 0. The van der Waals surface area contributed by atoms with Crippen LogP contribution in [0.25, 0.3) is 0 Å². The Balaban J connectivity index is 1.83. The SMILES string of the molecule is CCCNC(CSc1nnc(C)s1)C1CCCC1. The van der Waals surface area contributed by atoms with Gasteiger partial charge in [-0.1, -0.05) is 42.9 Å². The molecule has 1 heterocycles. The standard InChI is InChI=1S/C13H23N3S2/c1-3-8-14-12(11-6-4-5-7-11)9-17-13-16-15-10(2)18-13/h11-12,14H,3-9H2,1-2H3. The van der Waals surface area contributed by atoms with Gasteiger partial charge in [0.2, 0.25) is 0 Å². The molecule has 0 amide bonds. The van der Waals surface area contributed by atoms with Crippen molar-refractivity contribution in [1.82, 2.24) is 15.5 Å². The highest BCUT2D eigenvalue weighted by Gasteiger charge is 2.24. The molecule has 1 aliphatic rings. The van der Waals surface area contributed by atoms with E-state index in [1.165, 1.54) is 32.1 Å². The molecule has 1 saturated carbocycles. The minimum absolute atomic E-state index is 0.654. The van der Waals surface area contributed by atoms with Gasteiger partial charge in [0.05, 0.1) is 0 Å². The van der Waals surface area contributed by atoms with Gasteiger partial charge in [-0.3, -0.25) is 0 Å². The summed E-state index contributed by atoms with van der Waals surface area (Å²) in [6.07, 6.45) is 6.84. The Hall–Kier alpha value is -0.130. The Morgan fingerprint density at radius 1 is 1.39 bits per heavy atom. The fourth-order valence-corrected chi connectivity index (χ4v) is 4.58. The Kier molecular flexibility index (Phi) is 5.92. The van der Waals surface area contributed by atoms with Gasteiger partial charge in [0.1, 0.15) is 5.01 Å². The molecule has 5 heteroatoms. The van der Waals surface area contributed by atoms with Gasteiger partial charge < -0.3 is 5.32 Å². The van der Waals surface area contributed by atoms with Crippen LogP contribution in [0.5, 0.6) is 0 Å². The molecule has 1 aromatic heterocycles. The van der Waals surface area contributed by atoms with Gasteiger partial charge in [-0.15, -0.1) is 10.2 Å². The number of nitrogens with one attached hydrogen (secondary N) is 1. The van der Waals surface area contributed by atoms with E-state index in [1.807, 2.05) is 18.7 Å². The second-order valence-electron chi connectivity index (χ2n) is 5.00. The zero-order chi connectivity index (χ0) is 12.8. The van der Waals surface area contributed by atoms with Crippen molar-refractivity contribution in [2.24, 2.45) is 5.92 Å². The molecule has 0 spiro atoms. The lowest BCUT2D eigenvalue weighted by Gasteiger charge is -2.23. The summed E-state index contributed by atoms with van der Waals surface area (Å²) in [6, 6.07) is 0.654. The maximum absolute atomic E-state index is 4.20. The first-order valence-electron chi connectivity index (χ1n) is 6.96. The van der Waals surface area contributed by atoms with Gasteiger partial charge in [0.15, 0.2) is 4.34 Å². The number of aromatic nitrogens is 2. The maximum atomic E-state index is 4.20. The van der Waals surface area contributed by atoms with Crippen molar-refractivity contribution in [2.45, 2.75) is 56.3 Å². The number of hydrogen-bond donors (Lipinski definition) is 1. The van der Waals surface area contributed by atoms with Crippen LogP contribution in [-0.4, -0.2) is 28.5 Å². The second-order valence-corrected chi connectivity index (χ2v) is 7.45. The molecule has 102 valence electrons. The number of aryl methyl sites for hydroxylation is 1. The fourth-order valence-electron chi connectivity index (χ4n) is 2.55. The molecule has 18 heavy (non-hydrogen) atoms. The first-order chi connectivity index (χ1) is 8.79. The molecule has 3 nitrogen and oxygen atoms in total. The van der Waals surface area contributed by atoms with Crippen LogP contribution >= 0.6 is 23.1 Å². The maximum Gasteiger partial charge on any atom is 0.174 e. The summed E-state index contributed by atoms with van der Waals surface area (Å²) in [4.78, 5) is 0. The summed E-state index contributed by atoms with van der Waals surface area (Å²) >= 11 is 3.58. The van der Waals surface area contributed by atoms with Crippen LogP contribution in [0.15, 0.2) is 4.34 Å². The molecule has 1 aromatic rings. The van der Waals surface area contributed by atoms with Crippen LogP contribution in [0, 0.1) is 12.8 Å². The van der Waals surface area contributed by atoms with Gasteiger partial charge in [-0.25, -0.2) is 0 Å². The van der Waals surface area contributed by atoms with Crippen molar-refractivity contribution >= 4 is 23.1 Å². The Labute approximate surface area is 118 Å². The quantitative estimate of drug-likeness (QED) is 0.778.